The fraction of sp³-hybridized carbons (Fsp3) is 0.467. The van der Waals surface area contributed by atoms with Crippen molar-refractivity contribution in [3.05, 3.63) is 36.2 Å². The normalized spacial score (nSPS) is 9.40. The first-order valence-electron chi connectivity index (χ1n) is 6.90. The summed E-state index contributed by atoms with van der Waals surface area (Å²) in [6.45, 7) is 8.13. The summed E-state index contributed by atoms with van der Waals surface area (Å²) in [7, 11) is 1.50. The van der Waals surface area contributed by atoms with Crippen LogP contribution in [0.5, 0.6) is 0 Å². The van der Waals surface area contributed by atoms with Crippen molar-refractivity contribution in [3.8, 4) is 11.4 Å². The molecule has 2 rings (SSSR count). The molecule has 0 atom stereocenters. The average Bonchev–Trinajstić information content (AvgIpc) is 3.01. The molecule has 2 aromatic heterocycles. The van der Waals surface area contributed by atoms with Gasteiger partial charge in [0.25, 0.3) is 0 Å². The molecule has 0 amide bonds. The van der Waals surface area contributed by atoms with Crippen LogP contribution in [0.2, 0.25) is 0 Å². The Bertz CT molecular complexity index is 480. The number of hydrogen-bond donors (Lipinski definition) is 2. The second-order valence-corrected chi connectivity index (χ2v) is 3.92. The molecule has 0 saturated heterocycles. The monoisotopic (exact) mass is 278 g/mol. The van der Waals surface area contributed by atoms with Crippen LogP contribution in [0.4, 0.5) is 0 Å². The Morgan fingerprint density at radius 1 is 1.20 bits per heavy atom. The molecule has 0 radical (unpaired) electrons. The number of rotatable bonds is 3. The summed E-state index contributed by atoms with van der Waals surface area (Å²) in [4.78, 5) is 4.31. The Balaban J connectivity index is 0.000000829. The average molecular weight is 278 g/mol. The predicted molar refractivity (Wildman–Crippen MR) is 83.2 cm³/mol. The van der Waals surface area contributed by atoms with Crippen LogP contribution in [0, 0.1) is 0 Å². The fourth-order valence-corrected chi connectivity index (χ4v) is 1.71. The van der Waals surface area contributed by atoms with E-state index in [-0.39, 0.29) is 12.6 Å². The molecule has 0 aliphatic heterocycles. The van der Waals surface area contributed by atoms with Gasteiger partial charge in [0, 0.05) is 24.0 Å². The molecule has 0 aliphatic carbocycles. The van der Waals surface area contributed by atoms with Crippen LogP contribution < -0.4 is 5.73 Å². The lowest BCUT2D eigenvalue weighted by Gasteiger charge is -2.12. The maximum atomic E-state index is 9.28. The van der Waals surface area contributed by atoms with Gasteiger partial charge in [-0.25, -0.2) is 0 Å². The third kappa shape index (κ3) is 4.43. The standard InChI is InChI=1S/C12H15N3O.C2H6.CH5N/c1-9(2)15-11(5-7-14-15)12-10(8-16)4-3-6-13-12;2*1-2/h3-7,9,16H,8H2,1-2H3;1-2H3;2H2,1H3. The van der Waals surface area contributed by atoms with Crippen LogP contribution in [-0.4, -0.2) is 26.9 Å². The van der Waals surface area contributed by atoms with Crippen molar-refractivity contribution in [2.24, 2.45) is 5.73 Å². The molecule has 3 N–H and O–H groups in total. The van der Waals surface area contributed by atoms with E-state index in [1.807, 2.05) is 36.7 Å². The molecule has 20 heavy (non-hydrogen) atoms. The lowest BCUT2D eigenvalue weighted by Crippen LogP contribution is -2.06. The third-order valence-electron chi connectivity index (χ3n) is 2.46. The molecule has 0 aromatic carbocycles. The molecule has 5 heteroatoms. The van der Waals surface area contributed by atoms with Crippen molar-refractivity contribution in [2.75, 3.05) is 7.05 Å². The van der Waals surface area contributed by atoms with E-state index in [9.17, 15) is 5.11 Å². The van der Waals surface area contributed by atoms with Crippen LogP contribution in [0.15, 0.2) is 30.6 Å². The van der Waals surface area contributed by atoms with Crippen LogP contribution in [-0.2, 0) is 6.61 Å². The highest BCUT2D eigenvalue weighted by Crippen LogP contribution is 2.23. The highest BCUT2D eigenvalue weighted by molar-refractivity contribution is 5.58. The van der Waals surface area contributed by atoms with Gasteiger partial charge in [-0.1, -0.05) is 19.9 Å². The number of hydrogen-bond acceptors (Lipinski definition) is 4. The Hall–Kier alpha value is -1.72. The van der Waals surface area contributed by atoms with E-state index in [4.69, 9.17) is 0 Å². The quantitative estimate of drug-likeness (QED) is 0.904. The van der Waals surface area contributed by atoms with Gasteiger partial charge in [0.1, 0.15) is 0 Å². The van der Waals surface area contributed by atoms with E-state index in [0.29, 0.717) is 0 Å². The van der Waals surface area contributed by atoms with Crippen LogP contribution in [0.1, 0.15) is 39.3 Å². The van der Waals surface area contributed by atoms with E-state index in [2.05, 4.69) is 29.7 Å². The molecule has 0 spiro atoms. The van der Waals surface area contributed by atoms with E-state index < -0.39 is 0 Å². The fourth-order valence-electron chi connectivity index (χ4n) is 1.71. The number of nitrogens with two attached hydrogens (primary N) is 1. The van der Waals surface area contributed by atoms with Gasteiger partial charge in [-0.3, -0.25) is 9.67 Å². The van der Waals surface area contributed by atoms with Crippen molar-refractivity contribution in [2.45, 2.75) is 40.3 Å². The molecule has 2 heterocycles. The summed E-state index contributed by atoms with van der Waals surface area (Å²) in [5.74, 6) is 0. The molecule has 0 unspecified atom stereocenters. The maximum absolute atomic E-state index is 9.28. The molecule has 0 fully saturated rings. The second-order valence-electron chi connectivity index (χ2n) is 3.92. The number of aliphatic hydroxyl groups excluding tert-OH is 1. The van der Waals surface area contributed by atoms with Gasteiger partial charge in [0.15, 0.2) is 0 Å². The van der Waals surface area contributed by atoms with Gasteiger partial charge in [0.2, 0.25) is 0 Å². The molecule has 112 valence electrons. The molecule has 5 nitrogen and oxygen atoms in total. The van der Waals surface area contributed by atoms with Crippen molar-refractivity contribution in [1.82, 2.24) is 14.8 Å². The number of aliphatic hydroxyl groups is 1. The molecule has 2 aromatic rings. The minimum Gasteiger partial charge on any atom is -0.392 e. The summed E-state index contributed by atoms with van der Waals surface area (Å²) >= 11 is 0. The van der Waals surface area contributed by atoms with Crippen molar-refractivity contribution in [1.29, 1.82) is 0 Å². The molecule has 0 bridgehead atoms. The lowest BCUT2D eigenvalue weighted by molar-refractivity contribution is 0.282. The first-order chi connectivity index (χ1) is 9.74. The maximum Gasteiger partial charge on any atom is 0.0938 e. The summed E-state index contributed by atoms with van der Waals surface area (Å²) in [6.07, 6.45) is 3.48. The minimum atomic E-state index is -0.00749. The van der Waals surface area contributed by atoms with Crippen molar-refractivity contribution in [3.63, 3.8) is 0 Å². The van der Waals surface area contributed by atoms with Gasteiger partial charge >= 0.3 is 0 Å². The van der Waals surface area contributed by atoms with Crippen LogP contribution >= 0.6 is 0 Å². The van der Waals surface area contributed by atoms with E-state index in [1.165, 1.54) is 7.05 Å². The lowest BCUT2D eigenvalue weighted by atomic mass is 10.1. The first kappa shape index (κ1) is 18.3. The van der Waals surface area contributed by atoms with Gasteiger partial charge in [-0.15, -0.1) is 0 Å². The molecule has 0 saturated carbocycles. The highest BCUT2D eigenvalue weighted by atomic mass is 16.3. The van der Waals surface area contributed by atoms with E-state index >= 15 is 0 Å². The number of nitrogens with zero attached hydrogens (tertiary/aromatic N) is 3. The predicted octanol–water partition coefficient (Wildman–Crippen LogP) is 2.62. The summed E-state index contributed by atoms with van der Waals surface area (Å²) < 4.78 is 1.90. The van der Waals surface area contributed by atoms with E-state index in [1.54, 1.807) is 12.4 Å². The zero-order valence-corrected chi connectivity index (χ0v) is 13.0. The van der Waals surface area contributed by atoms with Crippen molar-refractivity contribution >= 4 is 0 Å². The minimum absolute atomic E-state index is 0.00749. The summed E-state index contributed by atoms with van der Waals surface area (Å²) in [5.41, 5.74) is 7.07. The number of aromatic nitrogens is 3. The van der Waals surface area contributed by atoms with Gasteiger partial charge < -0.3 is 10.8 Å². The number of pyridine rings is 1. The van der Waals surface area contributed by atoms with E-state index in [0.717, 1.165) is 17.0 Å². The van der Waals surface area contributed by atoms with Crippen LogP contribution in [0.25, 0.3) is 11.4 Å². The topological polar surface area (TPSA) is 77.0 Å². The van der Waals surface area contributed by atoms with Gasteiger partial charge in [0.05, 0.1) is 18.0 Å². The summed E-state index contributed by atoms with van der Waals surface area (Å²) in [5, 5.41) is 13.5. The summed E-state index contributed by atoms with van der Waals surface area (Å²) in [6, 6.07) is 5.89. The highest BCUT2D eigenvalue weighted by Gasteiger charge is 2.12. The van der Waals surface area contributed by atoms with Crippen LogP contribution in [0.3, 0.4) is 0 Å². The smallest absolute Gasteiger partial charge is 0.0938 e. The van der Waals surface area contributed by atoms with Gasteiger partial charge in [-0.05, 0) is 33.0 Å². The zero-order chi connectivity index (χ0) is 15.5. The Morgan fingerprint density at radius 3 is 2.40 bits per heavy atom. The molecular weight excluding hydrogens is 252 g/mol. The Kier molecular flexibility index (Phi) is 9.24. The van der Waals surface area contributed by atoms with Gasteiger partial charge in [-0.2, -0.15) is 5.10 Å². The SMILES string of the molecule is CC.CC(C)n1nccc1-c1ncccc1CO.CN. The largest absolute Gasteiger partial charge is 0.392 e. The Labute approximate surface area is 121 Å². The van der Waals surface area contributed by atoms with Crippen molar-refractivity contribution < 1.29 is 5.11 Å². The molecular formula is C15H26N4O. The zero-order valence-electron chi connectivity index (χ0n) is 13.0. The first-order valence-corrected chi connectivity index (χ1v) is 6.90. The second kappa shape index (κ2) is 10.1. The third-order valence-corrected chi connectivity index (χ3v) is 2.46. The Morgan fingerprint density at radius 2 is 1.85 bits per heavy atom. The molecule has 0 aliphatic rings.